The van der Waals surface area contributed by atoms with E-state index < -0.39 is 0 Å². The van der Waals surface area contributed by atoms with Gasteiger partial charge in [-0.25, -0.2) is 0 Å². The van der Waals surface area contributed by atoms with Gasteiger partial charge in [0.1, 0.15) is 0 Å². The summed E-state index contributed by atoms with van der Waals surface area (Å²) in [6.45, 7) is 2.91. The molecular weight excluding hydrogens is 210 g/mol. The minimum Gasteiger partial charge on any atom is -0.320 e. The topological polar surface area (TPSA) is 37.0 Å². The summed E-state index contributed by atoms with van der Waals surface area (Å²) in [6, 6.07) is 10.4. The molecule has 3 heteroatoms. The zero-order chi connectivity index (χ0) is 11.9. The molecule has 90 valence electrons. The van der Waals surface area contributed by atoms with Crippen LogP contribution < -0.4 is 10.6 Å². The quantitative estimate of drug-likeness (QED) is 0.743. The van der Waals surface area contributed by atoms with Gasteiger partial charge in [-0.05, 0) is 38.0 Å². The number of pyridine rings is 1. The van der Waals surface area contributed by atoms with Crippen molar-refractivity contribution in [2.75, 3.05) is 20.1 Å². The highest BCUT2D eigenvalue weighted by Crippen LogP contribution is 2.15. The summed E-state index contributed by atoms with van der Waals surface area (Å²) in [5.74, 6) is 0. The third-order valence-electron chi connectivity index (χ3n) is 2.83. The lowest BCUT2D eigenvalue weighted by Gasteiger charge is -2.07. The summed E-state index contributed by atoms with van der Waals surface area (Å²) in [5.41, 5.74) is 1.13. The average molecular weight is 229 g/mol. The van der Waals surface area contributed by atoms with Gasteiger partial charge in [0.25, 0.3) is 0 Å². The molecule has 0 saturated carbocycles. The number of nitrogens with zero attached hydrogens (tertiary/aromatic N) is 1. The van der Waals surface area contributed by atoms with Crippen molar-refractivity contribution in [2.24, 2.45) is 0 Å². The van der Waals surface area contributed by atoms with E-state index in [0.717, 1.165) is 31.7 Å². The van der Waals surface area contributed by atoms with E-state index in [1.54, 1.807) is 0 Å². The van der Waals surface area contributed by atoms with Crippen LogP contribution in [0, 0.1) is 0 Å². The van der Waals surface area contributed by atoms with Crippen molar-refractivity contribution in [3.8, 4) is 0 Å². The van der Waals surface area contributed by atoms with Crippen molar-refractivity contribution in [1.82, 2.24) is 15.6 Å². The fourth-order valence-corrected chi connectivity index (χ4v) is 1.92. The largest absolute Gasteiger partial charge is 0.320 e. The molecule has 0 spiro atoms. The predicted octanol–water partition coefficient (Wildman–Crippen LogP) is 1.93. The molecule has 0 radical (unpaired) electrons. The Kier molecular flexibility index (Phi) is 4.47. The molecule has 1 aromatic heterocycles. The fourth-order valence-electron chi connectivity index (χ4n) is 1.92. The molecule has 17 heavy (non-hydrogen) atoms. The van der Waals surface area contributed by atoms with E-state index >= 15 is 0 Å². The van der Waals surface area contributed by atoms with Crippen molar-refractivity contribution in [1.29, 1.82) is 0 Å². The van der Waals surface area contributed by atoms with Crippen LogP contribution in [0.4, 0.5) is 0 Å². The number of benzene rings is 1. The summed E-state index contributed by atoms with van der Waals surface area (Å²) in [5, 5.41) is 9.07. The standard InChI is InChI=1S/C14H19N3/c1-15-8-4-9-16-11-14-13-6-3-2-5-12(13)7-10-17-14/h2-3,5-7,10,15-16H,4,8-9,11H2,1H3. The van der Waals surface area contributed by atoms with E-state index in [4.69, 9.17) is 0 Å². The van der Waals surface area contributed by atoms with Crippen LogP contribution in [0.2, 0.25) is 0 Å². The molecule has 0 saturated heterocycles. The minimum atomic E-state index is 0.838. The van der Waals surface area contributed by atoms with Crippen molar-refractivity contribution < 1.29 is 0 Å². The normalized spacial score (nSPS) is 10.9. The van der Waals surface area contributed by atoms with Crippen LogP contribution in [-0.4, -0.2) is 25.1 Å². The number of aromatic nitrogens is 1. The number of nitrogens with one attached hydrogen (secondary N) is 2. The molecule has 2 rings (SSSR count). The van der Waals surface area contributed by atoms with Crippen LogP contribution in [0.3, 0.4) is 0 Å². The molecule has 0 aliphatic rings. The second kappa shape index (κ2) is 6.33. The molecule has 0 atom stereocenters. The van der Waals surface area contributed by atoms with Gasteiger partial charge in [-0.2, -0.15) is 0 Å². The molecule has 1 aromatic carbocycles. The Labute approximate surface area is 102 Å². The van der Waals surface area contributed by atoms with E-state index in [1.807, 2.05) is 13.2 Å². The van der Waals surface area contributed by atoms with Crippen molar-refractivity contribution in [2.45, 2.75) is 13.0 Å². The summed E-state index contributed by atoms with van der Waals surface area (Å²) in [7, 11) is 1.98. The van der Waals surface area contributed by atoms with Crippen LogP contribution in [0.25, 0.3) is 10.8 Å². The first kappa shape index (κ1) is 12.0. The molecule has 2 aromatic rings. The third kappa shape index (κ3) is 3.25. The molecule has 1 heterocycles. The molecule has 0 aliphatic carbocycles. The van der Waals surface area contributed by atoms with E-state index in [0.29, 0.717) is 0 Å². The predicted molar refractivity (Wildman–Crippen MR) is 72.0 cm³/mol. The van der Waals surface area contributed by atoms with Gasteiger partial charge >= 0.3 is 0 Å². The van der Waals surface area contributed by atoms with Crippen molar-refractivity contribution >= 4 is 10.8 Å². The lowest BCUT2D eigenvalue weighted by atomic mass is 10.1. The van der Waals surface area contributed by atoms with E-state index in [-0.39, 0.29) is 0 Å². The maximum Gasteiger partial charge on any atom is 0.0619 e. The molecule has 0 fully saturated rings. The Morgan fingerprint density at radius 3 is 2.88 bits per heavy atom. The smallest absolute Gasteiger partial charge is 0.0619 e. The van der Waals surface area contributed by atoms with E-state index in [2.05, 4.69) is 45.9 Å². The summed E-state index contributed by atoms with van der Waals surface area (Å²) in [4.78, 5) is 4.45. The first-order valence-corrected chi connectivity index (χ1v) is 6.10. The van der Waals surface area contributed by atoms with Gasteiger partial charge in [-0.1, -0.05) is 24.3 Å². The van der Waals surface area contributed by atoms with Crippen LogP contribution in [-0.2, 0) is 6.54 Å². The Balaban J connectivity index is 1.98. The number of fused-ring (bicyclic) bond motifs is 1. The van der Waals surface area contributed by atoms with Gasteiger partial charge in [0.15, 0.2) is 0 Å². The number of hydrogen-bond donors (Lipinski definition) is 2. The maximum absolute atomic E-state index is 4.45. The zero-order valence-electron chi connectivity index (χ0n) is 10.2. The average Bonchev–Trinajstić information content (AvgIpc) is 2.39. The monoisotopic (exact) mass is 229 g/mol. The van der Waals surface area contributed by atoms with Gasteiger partial charge in [0.05, 0.1) is 5.69 Å². The number of hydrogen-bond acceptors (Lipinski definition) is 3. The second-order valence-electron chi connectivity index (χ2n) is 4.11. The second-order valence-corrected chi connectivity index (χ2v) is 4.11. The molecule has 0 unspecified atom stereocenters. The Hall–Kier alpha value is -1.45. The summed E-state index contributed by atoms with van der Waals surface area (Å²) >= 11 is 0. The summed E-state index contributed by atoms with van der Waals surface area (Å²) < 4.78 is 0. The number of rotatable bonds is 6. The first-order chi connectivity index (χ1) is 8.42. The minimum absolute atomic E-state index is 0.838. The van der Waals surface area contributed by atoms with Gasteiger partial charge in [-0.15, -0.1) is 0 Å². The fraction of sp³-hybridized carbons (Fsp3) is 0.357. The highest BCUT2D eigenvalue weighted by molar-refractivity contribution is 5.84. The highest BCUT2D eigenvalue weighted by atomic mass is 14.9. The molecule has 0 bridgehead atoms. The van der Waals surface area contributed by atoms with Gasteiger partial charge in [0, 0.05) is 18.1 Å². The maximum atomic E-state index is 4.45. The summed E-state index contributed by atoms with van der Waals surface area (Å²) in [6.07, 6.45) is 3.02. The lowest BCUT2D eigenvalue weighted by molar-refractivity contribution is 0.621. The Bertz CT molecular complexity index is 462. The van der Waals surface area contributed by atoms with Crippen LogP contribution >= 0.6 is 0 Å². The highest BCUT2D eigenvalue weighted by Gasteiger charge is 2.00. The van der Waals surface area contributed by atoms with Gasteiger partial charge in [0.2, 0.25) is 0 Å². The third-order valence-corrected chi connectivity index (χ3v) is 2.83. The molecule has 2 N–H and O–H groups in total. The molecule has 0 amide bonds. The van der Waals surface area contributed by atoms with Crippen LogP contribution in [0.15, 0.2) is 36.5 Å². The first-order valence-electron chi connectivity index (χ1n) is 6.10. The zero-order valence-corrected chi connectivity index (χ0v) is 10.2. The Morgan fingerprint density at radius 2 is 2.00 bits per heavy atom. The van der Waals surface area contributed by atoms with E-state index in [9.17, 15) is 0 Å². The molecule has 3 nitrogen and oxygen atoms in total. The molecule has 0 aliphatic heterocycles. The SMILES string of the molecule is CNCCCNCc1nccc2ccccc12. The van der Waals surface area contributed by atoms with Crippen molar-refractivity contribution in [3.63, 3.8) is 0 Å². The van der Waals surface area contributed by atoms with E-state index in [1.165, 1.54) is 10.8 Å². The van der Waals surface area contributed by atoms with Crippen LogP contribution in [0.1, 0.15) is 12.1 Å². The Morgan fingerprint density at radius 1 is 1.12 bits per heavy atom. The van der Waals surface area contributed by atoms with Gasteiger partial charge in [-0.3, -0.25) is 4.98 Å². The van der Waals surface area contributed by atoms with Gasteiger partial charge < -0.3 is 10.6 Å². The lowest BCUT2D eigenvalue weighted by Crippen LogP contribution is -2.20. The molecular formula is C14H19N3. The van der Waals surface area contributed by atoms with Crippen molar-refractivity contribution in [3.05, 3.63) is 42.2 Å². The van der Waals surface area contributed by atoms with Crippen LogP contribution in [0.5, 0.6) is 0 Å².